The molecule has 1 heterocycles. The number of amides is 1. The maximum absolute atomic E-state index is 12.9. The fraction of sp³-hybridized carbons (Fsp3) is 0.250. The predicted molar refractivity (Wildman–Crippen MR) is 111 cm³/mol. The minimum atomic E-state index is -4.52. The molecule has 0 aliphatic rings. The van der Waals surface area contributed by atoms with E-state index in [-0.39, 0.29) is 16.5 Å². The Kier molecular flexibility index (Phi) is 7.04. The number of carbonyl (C=O) groups excluding carboxylic acids is 1. The summed E-state index contributed by atoms with van der Waals surface area (Å²) in [4.78, 5) is 12.3. The van der Waals surface area contributed by atoms with Crippen LogP contribution < -0.4 is 5.32 Å². The van der Waals surface area contributed by atoms with Crippen molar-refractivity contribution < 1.29 is 18.0 Å². The van der Waals surface area contributed by atoms with Gasteiger partial charge >= 0.3 is 6.18 Å². The maximum atomic E-state index is 12.9. The molecule has 30 heavy (non-hydrogen) atoms. The molecule has 2 aromatic carbocycles. The summed E-state index contributed by atoms with van der Waals surface area (Å²) in [5.74, 6) is 0.236. The van der Waals surface area contributed by atoms with Gasteiger partial charge in [0.2, 0.25) is 5.91 Å². The quantitative estimate of drug-likeness (QED) is 0.493. The van der Waals surface area contributed by atoms with E-state index in [1.165, 1.54) is 0 Å². The smallest absolute Gasteiger partial charge is 0.324 e. The minimum Gasteiger partial charge on any atom is -0.324 e. The second kappa shape index (κ2) is 9.53. The fourth-order valence-electron chi connectivity index (χ4n) is 2.77. The molecule has 1 aromatic heterocycles. The van der Waals surface area contributed by atoms with E-state index in [9.17, 15) is 18.0 Å². The topological polar surface area (TPSA) is 59.8 Å². The minimum absolute atomic E-state index is 0.0308. The van der Waals surface area contributed by atoms with Crippen molar-refractivity contribution in [1.82, 2.24) is 14.8 Å². The third-order valence-corrected chi connectivity index (χ3v) is 5.51. The van der Waals surface area contributed by atoms with Crippen LogP contribution in [0.1, 0.15) is 23.9 Å². The van der Waals surface area contributed by atoms with Crippen molar-refractivity contribution in [3.05, 3.63) is 70.5 Å². The number of hydrogen-bond donors (Lipinski definition) is 1. The van der Waals surface area contributed by atoms with Crippen molar-refractivity contribution in [2.75, 3.05) is 11.1 Å². The summed E-state index contributed by atoms with van der Waals surface area (Å²) in [5, 5.41) is 11.4. The largest absolute Gasteiger partial charge is 0.416 e. The van der Waals surface area contributed by atoms with Crippen LogP contribution >= 0.6 is 23.4 Å². The summed E-state index contributed by atoms with van der Waals surface area (Å²) in [7, 11) is 0. The summed E-state index contributed by atoms with van der Waals surface area (Å²) < 4.78 is 40.5. The van der Waals surface area contributed by atoms with Crippen LogP contribution in [-0.4, -0.2) is 26.4 Å². The molecule has 158 valence electrons. The lowest BCUT2D eigenvalue weighted by Gasteiger charge is -2.12. The van der Waals surface area contributed by atoms with Crippen LogP contribution in [-0.2, 0) is 23.9 Å². The number of alkyl halides is 3. The van der Waals surface area contributed by atoms with Crippen molar-refractivity contribution in [3.8, 4) is 0 Å². The van der Waals surface area contributed by atoms with Crippen LogP contribution in [0.5, 0.6) is 0 Å². The van der Waals surface area contributed by atoms with E-state index in [0.29, 0.717) is 18.1 Å². The summed E-state index contributed by atoms with van der Waals surface area (Å²) in [6.45, 7) is 2.57. The van der Waals surface area contributed by atoms with Gasteiger partial charge in [0, 0.05) is 13.0 Å². The molecule has 10 heteroatoms. The van der Waals surface area contributed by atoms with Crippen molar-refractivity contribution in [1.29, 1.82) is 0 Å². The fourth-order valence-corrected chi connectivity index (χ4v) is 3.75. The van der Waals surface area contributed by atoms with Crippen LogP contribution in [0.2, 0.25) is 5.02 Å². The molecular weight excluding hydrogens is 437 g/mol. The van der Waals surface area contributed by atoms with Crippen molar-refractivity contribution in [3.63, 3.8) is 0 Å². The molecule has 0 fully saturated rings. The lowest BCUT2D eigenvalue weighted by Crippen LogP contribution is -2.16. The normalized spacial score (nSPS) is 11.5. The molecule has 3 rings (SSSR count). The molecule has 5 nitrogen and oxygen atoms in total. The first-order chi connectivity index (χ1) is 14.3. The Morgan fingerprint density at radius 1 is 1.17 bits per heavy atom. The van der Waals surface area contributed by atoms with E-state index in [1.807, 2.05) is 41.8 Å². The van der Waals surface area contributed by atoms with Gasteiger partial charge in [0.1, 0.15) is 5.82 Å². The first kappa shape index (κ1) is 22.2. The van der Waals surface area contributed by atoms with Crippen molar-refractivity contribution in [2.24, 2.45) is 0 Å². The van der Waals surface area contributed by atoms with Gasteiger partial charge in [-0.05, 0) is 30.7 Å². The number of anilines is 1. The van der Waals surface area contributed by atoms with Gasteiger partial charge in [-0.1, -0.05) is 53.7 Å². The Hall–Kier alpha value is -2.52. The van der Waals surface area contributed by atoms with Gasteiger partial charge in [-0.25, -0.2) is 0 Å². The van der Waals surface area contributed by atoms with Gasteiger partial charge < -0.3 is 9.88 Å². The van der Waals surface area contributed by atoms with Crippen molar-refractivity contribution in [2.45, 2.75) is 31.2 Å². The highest BCUT2D eigenvalue weighted by Gasteiger charge is 2.31. The first-order valence-electron chi connectivity index (χ1n) is 9.03. The third kappa shape index (κ3) is 5.54. The Morgan fingerprint density at radius 2 is 1.90 bits per heavy atom. The molecular formula is C20H18ClF3N4OS. The van der Waals surface area contributed by atoms with Gasteiger partial charge in [-0.2, -0.15) is 13.2 Å². The van der Waals surface area contributed by atoms with Gasteiger partial charge in [-0.15, -0.1) is 10.2 Å². The summed E-state index contributed by atoms with van der Waals surface area (Å²) in [6, 6.07) is 12.6. The van der Waals surface area contributed by atoms with Crippen LogP contribution in [0.3, 0.4) is 0 Å². The van der Waals surface area contributed by atoms with Crippen LogP contribution in [0, 0.1) is 0 Å². The van der Waals surface area contributed by atoms with Crippen LogP contribution in [0.4, 0.5) is 18.9 Å². The molecule has 0 bridgehead atoms. The average molecular weight is 455 g/mol. The zero-order valence-electron chi connectivity index (χ0n) is 15.9. The second-order valence-corrected chi connectivity index (χ2v) is 7.68. The lowest BCUT2D eigenvalue weighted by atomic mass is 10.1. The monoisotopic (exact) mass is 454 g/mol. The number of nitrogens with zero attached hydrogens (tertiary/aromatic N) is 3. The number of hydrogen-bond acceptors (Lipinski definition) is 4. The SMILES string of the molecule is CCn1c(Cc2ccccc2)nnc1SCC(=O)Nc1cc(C(F)(F)F)ccc1Cl. The zero-order valence-corrected chi connectivity index (χ0v) is 17.5. The third-order valence-electron chi connectivity index (χ3n) is 4.21. The van der Waals surface area contributed by atoms with Gasteiger partial charge in [0.15, 0.2) is 5.16 Å². The summed E-state index contributed by atoms with van der Waals surface area (Å²) >= 11 is 7.08. The number of thioether (sulfide) groups is 1. The Bertz CT molecular complexity index is 1020. The lowest BCUT2D eigenvalue weighted by molar-refractivity contribution is -0.137. The highest BCUT2D eigenvalue weighted by atomic mass is 35.5. The number of nitrogens with one attached hydrogen (secondary N) is 1. The predicted octanol–water partition coefficient (Wildman–Crippen LogP) is 5.29. The Morgan fingerprint density at radius 3 is 2.57 bits per heavy atom. The molecule has 0 aliphatic carbocycles. The van der Waals surface area contributed by atoms with E-state index in [0.717, 1.165) is 41.3 Å². The molecule has 0 unspecified atom stereocenters. The highest BCUT2D eigenvalue weighted by Crippen LogP contribution is 2.34. The number of rotatable bonds is 7. The van der Waals surface area contributed by atoms with Gasteiger partial charge in [0.05, 0.1) is 22.0 Å². The second-order valence-electron chi connectivity index (χ2n) is 6.33. The van der Waals surface area contributed by atoms with E-state index in [4.69, 9.17) is 11.6 Å². The highest BCUT2D eigenvalue weighted by molar-refractivity contribution is 7.99. The molecule has 1 N–H and O–H groups in total. The number of benzene rings is 2. The molecule has 0 radical (unpaired) electrons. The number of aromatic nitrogens is 3. The van der Waals surface area contributed by atoms with Crippen LogP contribution in [0.15, 0.2) is 53.7 Å². The van der Waals surface area contributed by atoms with Crippen LogP contribution in [0.25, 0.3) is 0 Å². The molecule has 0 aliphatic heterocycles. The summed E-state index contributed by atoms with van der Waals surface area (Å²) in [5.41, 5.74) is 0.123. The van der Waals surface area contributed by atoms with Gasteiger partial charge in [-0.3, -0.25) is 4.79 Å². The average Bonchev–Trinajstić information content (AvgIpc) is 3.09. The van der Waals surface area contributed by atoms with Crippen molar-refractivity contribution >= 4 is 35.0 Å². The molecule has 0 atom stereocenters. The molecule has 0 saturated heterocycles. The summed E-state index contributed by atoms with van der Waals surface area (Å²) in [6.07, 6.45) is -3.92. The molecule has 0 spiro atoms. The Balaban J connectivity index is 1.65. The maximum Gasteiger partial charge on any atom is 0.416 e. The molecule has 1 amide bonds. The standard InChI is InChI=1S/C20H18ClF3N4OS/c1-2-28-17(10-13-6-4-3-5-7-13)26-27-19(28)30-12-18(29)25-16-11-14(20(22,23)24)8-9-15(16)21/h3-9,11H,2,10,12H2,1H3,(H,25,29). The molecule has 0 saturated carbocycles. The van der Waals surface area contributed by atoms with E-state index in [1.54, 1.807) is 0 Å². The Labute approximate surface area is 180 Å². The molecule has 3 aromatic rings. The first-order valence-corrected chi connectivity index (χ1v) is 10.4. The zero-order chi connectivity index (χ0) is 21.7. The van der Waals surface area contributed by atoms with E-state index in [2.05, 4.69) is 15.5 Å². The number of carbonyl (C=O) groups is 1. The van der Waals surface area contributed by atoms with Gasteiger partial charge in [0.25, 0.3) is 0 Å². The number of halogens is 4. The van der Waals surface area contributed by atoms with E-state index >= 15 is 0 Å². The van der Waals surface area contributed by atoms with E-state index < -0.39 is 17.6 Å².